The van der Waals surface area contributed by atoms with Gasteiger partial charge in [-0.05, 0) is 56.0 Å². The smallest absolute Gasteiger partial charge is 0.341 e. The molecule has 2 heterocycles. The van der Waals surface area contributed by atoms with Crippen LogP contribution in [0.25, 0.3) is 22.2 Å². The van der Waals surface area contributed by atoms with Crippen molar-refractivity contribution in [3.05, 3.63) is 76.2 Å². The van der Waals surface area contributed by atoms with E-state index in [4.69, 9.17) is 14.5 Å². The second-order valence-corrected chi connectivity index (χ2v) is 9.15. The number of fused-ring (bicyclic) bond motifs is 2. The van der Waals surface area contributed by atoms with E-state index in [1.165, 1.54) is 11.3 Å². The Labute approximate surface area is 201 Å². The van der Waals surface area contributed by atoms with Crippen LogP contribution in [0.15, 0.2) is 54.6 Å². The van der Waals surface area contributed by atoms with Crippen LogP contribution in [0.4, 0.5) is 5.00 Å². The van der Waals surface area contributed by atoms with Crippen LogP contribution in [0.5, 0.6) is 5.75 Å². The topological polar surface area (TPSA) is 77.5 Å². The number of carbonyl (C=O) groups excluding carboxylic acids is 2. The first-order valence-corrected chi connectivity index (χ1v) is 12.1. The maximum atomic E-state index is 13.6. The fraction of sp³-hybridized carbons (Fsp3) is 0.222. The maximum Gasteiger partial charge on any atom is 0.341 e. The lowest BCUT2D eigenvalue weighted by Gasteiger charge is -2.12. The normalized spacial score (nSPS) is 12.4. The minimum absolute atomic E-state index is 0.284. The van der Waals surface area contributed by atoms with Crippen molar-refractivity contribution < 1.29 is 19.1 Å². The Kier molecular flexibility index (Phi) is 6.02. The van der Waals surface area contributed by atoms with Crippen LogP contribution in [-0.4, -0.2) is 30.6 Å². The molecule has 0 saturated heterocycles. The number of carbonyl (C=O) groups is 2. The van der Waals surface area contributed by atoms with Crippen molar-refractivity contribution in [3.63, 3.8) is 0 Å². The van der Waals surface area contributed by atoms with Gasteiger partial charge in [0.2, 0.25) is 0 Å². The number of nitrogens with zero attached hydrogens (tertiary/aromatic N) is 1. The molecule has 34 heavy (non-hydrogen) atoms. The van der Waals surface area contributed by atoms with Crippen molar-refractivity contribution in [1.82, 2.24) is 4.98 Å². The monoisotopic (exact) mass is 472 g/mol. The molecule has 6 nitrogen and oxygen atoms in total. The summed E-state index contributed by atoms with van der Waals surface area (Å²) in [7, 11) is 1.62. The summed E-state index contributed by atoms with van der Waals surface area (Å²) in [5, 5.41) is 4.31. The molecule has 0 aliphatic heterocycles. The van der Waals surface area contributed by atoms with E-state index in [1.807, 2.05) is 48.5 Å². The Balaban J connectivity index is 1.57. The number of nitrogens with one attached hydrogen (secondary N) is 1. The average Bonchev–Trinajstić information content (AvgIpc) is 3.44. The molecular weight excluding hydrogens is 448 g/mol. The van der Waals surface area contributed by atoms with E-state index < -0.39 is 0 Å². The standard InChI is InChI=1S/C27H24N2O4S/c1-3-33-27(31)24-19-11-7-13-23(19)34-26(24)29-25(30)20-15-22(16-8-6-9-17(14-16)32-2)28-21-12-5-4-10-18(20)21/h4-6,8-10,12,14-15H,3,7,11,13H2,1-2H3,(H,29,30). The van der Waals surface area contributed by atoms with Crippen LogP contribution in [0, 0.1) is 0 Å². The van der Waals surface area contributed by atoms with Crippen molar-refractivity contribution in [2.24, 2.45) is 0 Å². The number of amides is 1. The number of ether oxygens (including phenoxy) is 2. The molecule has 0 bridgehead atoms. The van der Waals surface area contributed by atoms with Gasteiger partial charge in [-0.1, -0.05) is 30.3 Å². The van der Waals surface area contributed by atoms with Crippen LogP contribution in [0.3, 0.4) is 0 Å². The number of esters is 1. The summed E-state index contributed by atoms with van der Waals surface area (Å²) in [6.45, 7) is 2.07. The molecule has 0 fully saturated rings. The number of hydrogen-bond acceptors (Lipinski definition) is 6. The average molecular weight is 473 g/mol. The molecule has 1 aliphatic rings. The van der Waals surface area contributed by atoms with Crippen molar-refractivity contribution in [2.45, 2.75) is 26.2 Å². The van der Waals surface area contributed by atoms with E-state index in [2.05, 4.69) is 5.32 Å². The lowest BCUT2D eigenvalue weighted by atomic mass is 10.0. The molecule has 0 radical (unpaired) electrons. The SMILES string of the molecule is CCOC(=O)c1c(NC(=O)c2cc(-c3cccc(OC)c3)nc3ccccc23)sc2c1CCC2. The van der Waals surface area contributed by atoms with Crippen LogP contribution < -0.4 is 10.1 Å². The number of hydrogen-bond donors (Lipinski definition) is 1. The molecule has 5 rings (SSSR count). The Bertz CT molecular complexity index is 1410. The van der Waals surface area contributed by atoms with E-state index in [1.54, 1.807) is 20.1 Å². The fourth-order valence-corrected chi connectivity index (χ4v) is 5.65. The van der Waals surface area contributed by atoms with Gasteiger partial charge in [0.05, 0.1) is 36.1 Å². The highest BCUT2D eigenvalue weighted by atomic mass is 32.1. The highest BCUT2D eigenvalue weighted by Gasteiger charge is 2.29. The van der Waals surface area contributed by atoms with Gasteiger partial charge in [-0.15, -0.1) is 11.3 Å². The van der Waals surface area contributed by atoms with Crippen LogP contribution in [-0.2, 0) is 17.6 Å². The van der Waals surface area contributed by atoms with Gasteiger partial charge in [0.15, 0.2) is 0 Å². The van der Waals surface area contributed by atoms with Gasteiger partial charge in [-0.3, -0.25) is 4.79 Å². The molecule has 1 N–H and O–H groups in total. The Morgan fingerprint density at radius 3 is 2.76 bits per heavy atom. The molecule has 2 aromatic carbocycles. The van der Waals surface area contributed by atoms with Gasteiger partial charge in [0, 0.05) is 15.8 Å². The first-order valence-electron chi connectivity index (χ1n) is 11.3. The predicted octanol–water partition coefficient (Wildman–Crippen LogP) is 5.89. The summed E-state index contributed by atoms with van der Waals surface area (Å²) >= 11 is 1.47. The number of anilines is 1. The quantitative estimate of drug-likeness (QED) is 0.354. The minimum atomic E-state index is -0.381. The van der Waals surface area contributed by atoms with Gasteiger partial charge in [0.25, 0.3) is 5.91 Å². The van der Waals surface area contributed by atoms with E-state index in [0.717, 1.165) is 40.7 Å². The molecule has 172 valence electrons. The molecule has 1 amide bonds. The maximum absolute atomic E-state index is 13.6. The summed E-state index contributed by atoms with van der Waals surface area (Å²) < 4.78 is 10.7. The van der Waals surface area contributed by atoms with Gasteiger partial charge < -0.3 is 14.8 Å². The van der Waals surface area contributed by atoms with E-state index in [0.29, 0.717) is 33.1 Å². The fourth-order valence-electron chi connectivity index (χ4n) is 4.38. The van der Waals surface area contributed by atoms with Crippen LogP contribution in [0.1, 0.15) is 44.5 Å². The molecule has 4 aromatic rings. The molecule has 0 saturated carbocycles. The third kappa shape index (κ3) is 4.03. The van der Waals surface area contributed by atoms with Crippen LogP contribution >= 0.6 is 11.3 Å². The number of para-hydroxylation sites is 1. The number of methoxy groups -OCH3 is 1. The number of pyridine rings is 1. The van der Waals surface area contributed by atoms with Gasteiger partial charge in [0.1, 0.15) is 10.8 Å². The molecule has 0 spiro atoms. The van der Waals surface area contributed by atoms with E-state index >= 15 is 0 Å². The largest absolute Gasteiger partial charge is 0.497 e. The van der Waals surface area contributed by atoms with E-state index in [9.17, 15) is 9.59 Å². The van der Waals surface area contributed by atoms with E-state index in [-0.39, 0.29) is 18.5 Å². The predicted molar refractivity (Wildman–Crippen MR) is 134 cm³/mol. The van der Waals surface area contributed by atoms with Crippen LogP contribution in [0.2, 0.25) is 0 Å². The summed E-state index contributed by atoms with van der Waals surface area (Å²) in [5.41, 5.74) is 4.23. The number of thiophene rings is 1. The number of benzene rings is 2. The zero-order chi connectivity index (χ0) is 23.7. The lowest BCUT2D eigenvalue weighted by Crippen LogP contribution is -2.16. The summed E-state index contributed by atoms with van der Waals surface area (Å²) in [6.07, 6.45) is 2.76. The molecule has 0 unspecified atom stereocenters. The third-order valence-electron chi connectivity index (χ3n) is 5.95. The van der Waals surface area contributed by atoms with Crippen molar-refractivity contribution in [3.8, 4) is 17.0 Å². The Hall–Kier alpha value is -3.71. The number of rotatable bonds is 6. The number of aryl methyl sites for hydroxylation is 1. The van der Waals surface area contributed by atoms with Gasteiger partial charge >= 0.3 is 5.97 Å². The van der Waals surface area contributed by atoms with Crippen molar-refractivity contribution >= 4 is 39.1 Å². The Morgan fingerprint density at radius 2 is 1.94 bits per heavy atom. The molecule has 7 heteroatoms. The van der Waals surface area contributed by atoms with Crippen molar-refractivity contribution in [1.29, 1.82) is 0 Å². The Morgan fingerprint density at radius 1 is 1.09 bits per heavy atom. The lowest BCUT2D eigenvalue weighted by molar-refractivity contribution is 0.0527. The van der Waals surface area contributed by atoms with Gasteiger partial charge in [-0.2, -0.15) is 0 Å². The molecule has 2 aromatic heterocycles. The second kappa shape index (κ2) is 9.27. The number of aromatic nitrogens is 1. The zero-order valence-corrected chi connectivity index (χ0v) is 19.8. The highest BCUT2D eigenvalue weighted by Crippen LogP contribution is 2.40. The zero-order valence-electron chi connectivity index (χ0n) is 19.0. The first kappa shape index (κ1) is 22.1. The molecule has 1 aliphatic carbocycles. The highest BCUT2D eigenvalue weighted by molar-refractivity contribution is 7.17. The second-order valence-electron chi connectivity index (χ2n) is 8.04. The summed E-state index contributed by atoms with van der Waals surface area (Å²) in [5.74, 6) is 0.0488. The first-order chi connectivity index (χ1) is 16.6. The summed E-state index contributed by atoms with van der Waals surface area (Å²) in [6, 6.07) is 16.9. The van der Waals surface area contributed by atoms with Crippen molar-refractivity contribution in [2.75, 3.05) is 19.0 Å². The summed E-state index contributed by atoms with van der Waals surface area (Å²) in [4.78, 5) is 32.2. The molecular formula is C27H24N2O4S. The molecule has 0 atom stereocenters. The minimum Gasteiger partial charge on any atom is -0.497 e. The third-order valence-corrected chi connectivity index (χ3v) is 7.16. The van der Waals surface area contributed by atoms with Gasteiger partial charge in [-0.25, -0.2) is 9.78 Å².